The molecule has 0 aliphatic heterocycles. The Morgan fingerprint density at radius 3 is 3.22 bits per heavy atom. The highest BCUT2D eigenvalue weighted by Crippen LogP contribution is 2.10. The summed E-state index contributed by atoms with van der Waals surface area (Å²) in [6, 6.07) is 3.34. The molecule has 1 heterocycles. The number of methoxy groups -OCH3 is 1. The van der Waals surface area contributed by atoms with Gasteiger partial charge in [-0.15, -0.1) is 0 Å². The Morgan fingerprint density at radius 1 is 1.78 bits per heavy atom. The zero-order valence-electron chi connectivity index (χ0n) is 6.54. The Balaban J connectivity index is 2.66. The van der Waals surface area contributed by atoms with Gasteiger partial charge in [0.25, 0.3) is 0 Å². The van der Waals surface area contributed by atoms with Crippen LogP contribution in [0.15, 0.2) is 22.8 Å². The molecule has 9 heavy (non-hydrogen) atoms. The van der Waals surface area contributed by atoms with Gasteiger partial charge in [-0.3, -0.25) is 0 Å². The van der Waals surface area contributed by atoms with E-state index >= 15 is 0 Å². The highest BCUT2D eigenvalue weighted by molar-refractivity contribution is 9.10. The second kappa shape index (κ2) is 2.82. The topological polar surface area (TPSA) is 22.1 Å². The first-order chi connectivity index (χ1) is 5.18. The molecule has 0 saturated heterocycles. The Kier molecular flexibility index (Phi) is 1.34. The highest BCUT2D eigenvalue weighted by atomic mass is 79.9. The number of ether oxygens (including phenoxy) is 1. The lowest BCUT2D eigenvalue weighted by Crippen LogP contribution is -1.84. The standard InChI is InChI=1S/C6H6BrNO/c1-9-6-3-2-5(7)4-8-6/h2-4H,1H3/i1D2. The Labute approximate surface area is 64.8 Å². The molecule has 0 bridgehead atoms. The minimum atomic E-state index is -1.32. The van der Waals surface area contributed by atoms with Gasteiger partial charge in [0.15, 0.2) is 0 Å². The van der Waals surface area contributed by atoms with Gasteiger partial charge >= 0.3 is 0 Å². The third-order valence-electron chi connectivity index (χ3n) is 0.821. The Hall–Kier alpha value is -0.570. The average Bonchev–Trinajstić information content (AvgIpc) is 1.93. The summed E-state index contributed by atoms with van der Waals surface area (Å²) in [5.74, 6) is 0.295. The Bertz CT molecular complexity index is 227. The van der Waals surface area contributed by atoms with Crippen LogP contribution in [0.4, 0.5) is 0 Å². The predicted molar refractivity (Wildman–Crippen MR) is 38.5 cm³/mol. The maximum atomic E-state index is 6.76. The smallest absolute Gasteiger partial charge is 0.212 e. The van der Waals surface area contributed by atoms with E-state index in [9.17, 15) is 0 Å². The van der Waals surface area contributed by atoms with Gasteiger partial charge in [0, 0.05) is 16.7 Å². The quantitative estimate of drug-likeness (QED) is 0.674. The van der Waals surface area contributed by atoms with Crippen LogP contribution < -0.4 is 4.74 Å². The summed E-state index contributed by atoms with van der Waals surface area (Å²) in [4.78, 5) is 3.81. The lowest BCUT2D eigenvalue weighted by molar-refractivity contribution is 0.397. The molecule has 1 aromatic heterocycles. The molecule has 0 N–H and O–H groups in total. The first kappa shape index (κ1) is 4.28. The van der Waals surface area contributed by atoms with Crippen LogP contribution in [-0.4, -0.2) is 12.0 Å². The second-order valence-electron chi connectivity index (χ2n) is 1.43. The zero-order valence-corrected chi connectivity index (χ0v) is 6.13. The van der Waals surface area contributed by atoms with Crippen LogP contribution in [0.3, 0.4) is 0 Å². The van der Waals surface area contributed by atoms with Crippen molar-refractivity contribution >= 4 is 15.9 Å². The monoisotopic (exact) mass is 189 g/mol. The molecule has 0 amide bonds. The summed E-state index contributed by atoms with van der Waals surface area (Å²) in [6.07, 6.45) is 1.55. The molecule has 0 aliphatic carbocycles. The van der Waals surface area contributed by atoms with E-state index in [-0.39, 0.29) is 0 Å². The van der Waals surface area contributed by atoms with Crippen LogP contribution >= 0.6 is 15.9 Å². The molecule has 0 unspecified atom stereocenters. The fourth-order valence-corrected chi connectivity index (χ4v) is 0.667. The van der Waals surface area contributed by atoms with Crippen molar-refractivity contribution in [3.63, 3.8) is 0 Å². The van der Waals surface area contributed by atoms with Gasteiger partial charge in [-0.25, -0.2) is 4.98 Å². The number of halogens is 1. The van der Waals surface area contributed by atoms with E-state index in [2.05, 4.69) is 25.7 Å². The average molecular weight is 190 g/mol. The maximum absolute atomic E-state index is 6.76. The lowest BCUT2D eigenvalue weighted by Gasteiger charge is -1.94. The van der Waals surface area contributed by atoms with Crippen LogP contribution in [0.1, 0.15) is 2.74 Å². The van der Waals surface area contributed by atoms with E-state index in [0.29, 0.717) is 5.88 Å². The number of hydrogen-bond acceptors (Lipinski definition) is 2. The summed E-state index contributed by atoms with van der Waals surface area (Å²) in [7, 11) is -1.32. The van der Waals surface area contributed by atoms with E-state index in [4.69, 9.17) is 2.74 Å². The lowest BCUT2D eigenvalue weighted by atomic mass is 10.5. The molecule has 0 saturated carbocycles. The van der Waals surface area contributed by atoms with Crippen molar-refractivity contribution in [2.24, 2.45) is 0 Å². The van der Waals surface area contributed by atoms with E-state index in [1.807, 2.05) is 0 Å². The highest BCUT2D eigenvalue weighted by Gasteiger charge is 1.88. The molecule has 0 fully saturated rings. The van der Waals surface area contributed by atoms with Crippen LogP contribution in [0.2, 0.25) is 0 Å². The molecular formula is C6H6BrNO. The van der Waals surface area contributed by atoms with Crippen molar-refractivity contribution in [2.75, 3.05) is 7.06 Å². The van der Waals surface area contributed by atoms with E-state index in [0.717, 1.165) is 4.47 Å². The number of rotatable bonds is 1. The van der Waals surface area contributed by atoms with Gasteiger partial charge in [-0.2, -0.15) is 0 Å². The SMILES string of the molecule is [2H]C([2H])Oc1ccc(Br)cn1. The third kappa shape index (κ3) is 1.68. The fraction of sp³-hybridized carbons (Fsp3) is 0.167. The summed E-state index contributed by atoms with van der Waals surface area (Å²) in [5, 5.41) is 0. The first-order valence-electron chi connectivity index (χ1n) is 3.46. The number of hydrogen-bond donors (Lipinski definition) is 0. The van der Waals surface area contributed by atoms with Crippen LogP contribution in [0.5, 0.6) is 5.88 Å². The summed E-state index contributed by atoms with van der Waals surface area (Å²) < 4.78 is 19.0. The zero-order chi connectivity index (χ0) is 8.27. The fourth-order valence-electron chi connectivity index (χ4n) is 0.432. The van der Waals surface area contributed by atoms with Crippen molar-refractivity contribution in [3.05, 3.63) is 22.8 Å². The molecule has 0 atom stereocenters. The molecule has 2 nitrogen and oxygen atoms in total. The van der Waals surface area contributed by atoms with E-state index in [1.54, 1.807) is 18.3 Å². The van der Waals surface area contributed by atoms with Crippen molar-refractivity contribution in [3.8, 4) is 5.88 Å². The molecule has 1 aromatic rings. The summed E-state index contributed by atoms with van der Waals surface area (Å²) in [6.45, 7) is 0. The summed E-state index contributed by atoms with van der Waals surface area (Å²) in [5.41, 5.74) is 0. The Morgan fingerprint density at radius 2 is 2.67 bits per heavy atom. The second-order valence-corrected chi connectivity index (χ2v) is 2.35. The molecule has 48 valence electrons. The van der Waals surface area contributed by atoms with Gasteiger partial charge in [0.2, 0.25) is 5.88 Å². The maximum Gasteiger partial charge on any atom is 0.212 e. The van der Waals surface area contributed by atoms with E-state index in [1.165, 1.54) is 0 Å². The van der Waals surface area contributed by atoms with Gasteiger partial charge in [-0.05, 0) is 22.0 Å². The largest absolute Gasteiger partial charge is 0.481 e. The van der Waals surface area contributed by atoms with Gasteiger partial charge in [0.05, 0.1) is 9.80 Å². The van der Waals surface area contributed by atoms with Crippen molar-refractivity contribution in [2.45, 2.75) is 0 Å². The van der Waals surface area contributed by atoms with Gasteiger partial charge in [0.1, 0.15) is 0 Å². The van der Waals surface area contributed by atoms with Crippen molar-refractivity contribution in [1.82, 2.24) is 4.98 Å². The van der Waals surface area contributed by atoms with Crippen LogP contribution in [0.25, 0.3) is 0 Å². The van der Waals surface area contributed by atoms with Gasteiger partial charge < -0.3 is 4.74 Å². The summed E-state index contributed by atoms with van der Waals surface area (Å²) >= 11 is 3.20. The molecular weight excluding hydrogens is 182 g/mol. The molecule has 1 rings (SSSR count). The predicted octanol–water partition coefficient (Wildman–Crippen LogP) is 1.85. The van der Waals surface area contributed by atoms with Crippen molar-refractivity contribution in [1.29, 1.82) is 0 Å². The van der Waals surface area contributed by atoms with E-state index < -0.39 is 7.06 Å². The van der Waals surface area contributed by atoms with Gasteiger partial charge in [-0.1, -0.05) is 0 Å². The van der Waals surface area contributed by atoms with Crippen LogP contribution in [-0.2, 0) is 0 Å². The number of pyridine rings is 1. The normalized spacial score (nSPS) is 12.7. The first-order valence-corrected chi connectivity index (χ1v) is 3.10. The number of aromatic nitrogens is 1. The minimum Gasteiger partial charge on any atom is -0.481 e. The molecule has 3 heteroatoms. The molecule has 0 spiro atoms. The third-order valence-corrected chi connectivity index (χ3v) is 1.29. The molecule has 0 radical (unpaired) electrons. The molecule has 0 aliphatic rings. The molecule has 0 aromatic carbocycles. The minimum absolute atomic E-state index is 0.295. The number of nitrogens with zero attached hydrogens (tertiary/aromatic N) is 1. The van der Waals surface area contributed by atoms with Crippen LogP contribution in [0, 0.1) is 0 Å². The van der Waals surface area contributed by atoms with Crippen molar-refractivity contribution < 1.29 is 7.48 Å².